The molecular weight excluding hydrogens is 190 g/mol. The van der Waals surface area contributed by atoms with Gasteiger partial charge in [-0.3, -0.25) is 4.79 Å². The van der Waals surface area contributed by atoms with E-state index in [-0.39, 0.29) is 18.0 Å². The number of benzene rings is 1. The maximum atomic E-state index is 10.9. The van der Waals surface area contributed by atoms with Gasteiger partial charge in [-0.1, -0.05) is 30.3 Å². The van der Waals surface area contributed by atoms with Crippen LogP contribution in [-0.4, -0.2) is 18.5 Å². The molecule has 0 radical (unpaired) electrons. The summed E-state index contributed by atoms with van der Waals surface area (Å²) < 4.78 is 0. The maximum absolute atomic E-state index is 10.9. The Labute approximate surface area is 89.6 Å². The summed E-state index contributed by atoms with van der Waals surface area (Å²) in [6.07, 6.45) is 0. The predicted octanol–water partition coefficient (Wildman–Crippen LogP) is 0.150. The Balaban J connectivity index is 2.73. The predicted molar refractivity (Wildman–Crippen MR) is 60.0 cm³/mol. The summed E-state index contributed by atoms with van der Waals surface area (Å²) in [5, 5.41) is 2.74. The highest BCUT2D eigenvalue weighted by Gasteiger charge is 2.18. The van der Waals surface area contributed by atoms with Crippen LogP contribution >= 0.6 is 0 Å². The van der Waals surface area contributed by atoms with Crippen molar-refractivity contribution in [2.45, 2.75) is 19.0 Å². The second-order valence-electron chi connectivity index (χ2n) is 3.48. The standard InChI is InChI=1S/C11H17N3O/c1-8(15)14-10(7-12)11(13)9-5-3-2-4-6-9/h2-6,10-11H,7,12-13H2,1H3,(H,14,15). The van der Waals surface area contributed by atoms with Gasteiger partial charge in [-0.2, -0.15) is 0 Å². The number of amides is 1. The van der Waals surface area contributed by atoms with Crippen LogP contribution in [0, 0.1) is 0 Å². The second kappa shape index (κ2) is 5.48. The van der Waals surface area contributed by atoms with Crippen molar-refractivity contribution in [2.24, 2.45) is 11.5 Å². The number of hydrogen-bond donors (Lipinski definition) is 3. The summed E-state index contributed by atoms with van der Waals surface area (Å²) in [6.45, 7) is 1.79. The summed E-state index contributed by atoms with van der Waals surface area (Å²) in [5.74, 6) is -0.114. The number of carbonyl (C=O) groups is 1. The monoisotopic (exact) mass is 207 g/mol. The lowest BCUT2D eigenvalue weighted by atomic mass is 10.0. The average Bonchev–Trinajstić information content (AvgIpc) is 2.26. The van der Waals surface area contributed by atoms with E-state index in [4.69, 9.17) is 11.5 Å². The first-order valence-electron chi connectivity index (χ1n) is 4.93. The molecule has 1 aromatic rings. The highest BCUT2D eigenvalue weighted by molar-refractivity contribution is 5.73. The van der Waals surface area contributed by atoms with E-state index in [0.717, 1.165) is 5.56 Å². The largest absolute Gasteiger partial charge is 0.350 e. The fraction of sp³-hybridized carbons (Fsp3) is 0.364. The molecule has 82 valence electrons. The van der Waals surface area contributed by atoms with Gasteiger partial charge >= 0.3 is 0 Å². The number of rotatable bonds is 4. The third kappa shape index (κ3) is 3.34. The number of hydrogen-bond acceptors (Lipinski definition) is 3. The SMILES string of the molecule is CC(=O)NC(CN)C(N)c1ccccc1. The minimum Gasteiger partial charge on any atom is -0.350 e. The smallest absolute Gasteiger partial charge is 0.217 e. The molecule has 0 saturated heterocycles. The maximum Gasteiger partial charge on any atom is 0.217 e. The van der Waals surface area contributed by atoms with Gasteiger partial charge in [-0.15, -0.1) is 0 Å². The lowest BCUT2D eigenvalue weighted by molar-refractivity contribution is -0.119. The van der Waals surface area contributed by atoms with Crippen LogP contribution in [0.4, 0.5) is 0 Å². The second-order valence-corrected chi connectivity index (χ2v) is 3.48. The van der Waals surface area contributed by atoms with Crippen LogP contribution in [0.25, 0.3) is 0 Å². The molecule has 0 aliphatic heterocycles. The first-order valence-corrected chi connectivity index (χ1v) is 4.93. The number of nitrogens with one attached hydrogen (secondary N) is 1. The van der Waals surface area contributed by atoms with Crippen molar-refractivity contribution in [1.82, 2.24) is 5.32 Å². The molecule has 2 unspecified atom stereocenters. The summed E-state index contributed by atoms with van der Waals surface area (Å²) in [4.78, 5) is 10.9. The summed E-state index contributed by atoms with van der Waals surface area (Å²) >= 11 is 0. The van der Waals surface area contributed by atoms with Crippen LogP contribution in [0.2, 0.25) is 0 Å². The van der Waals surface area contributed by atoms with Crippen molar-refractivity contribution in [2.75, 3.05) is 6.54 Å². The van der Waals surface area contributed by atoms with Crippen LogP contribution in [0.3, 0.4) is 0 Å². The quantitative estimate of drug-likeness (QED) is 0.657. The van der Waals surface area contributed by atoms with E-state index < -0.39 is 0 Å². The Hall–Kier alpha value is -1.39. The van der Waals surface area contributed by atoms with Crippen LogP contribution in [-0.2, 0) is 4.79 Å². The third-order valence-electron chi connectivity index (χ3n) is 2.26. The molecule has 1 aromatic carbocycles. The lowest BCUT2D eigenvalue weighted by Crippen LogP contribution is -2.46. The van der Waals surface area contributed by atoms with Crippen LogP contribution < -0.4 is 16.8 Å². The van der Waals surface area contributed by atoms with E-state index in [1.165, 1.54) is 6.92 Å². The molecule has 2 atom stereocenters. The van der Waals surface area contributed by atoms with E-state index >= 15 is 0 Å². The molecule has 1 amide bonds. The van der Waals surface area contributed by atoms with E-state index in [9.17, 15) is 4.79 Å². The van der Waals surface area contributed by atoms with E-state index in [2.05, 4.69) is 5.32 Å². The highest BCUT2D eigenvalue weighted by atomic mass is 16.1. The first-order chi connectivity index (χ1) is 7.15. The van der Waals surface area contributed by atoms with Gasteiger partial charge in [-0.05, 0) is 5.56 Å². The topological polar surface area (TPSA) is 81.1 Å². The summed E-state index contributed by atoms with van der Waals surface area (Å²) in [5.41, 5.74) is 12.5. The Morgan fingerprint density at radius 3 is 2.47 bits per heavy atom. The van der Waals surface area contributed by atoms with E-state index in [1.54, 1.807) is 0 Å². The van der Waals surface area contributed by atoms with Crippen molar-refractivity contribution in [3.63, 3.8) is 0 Å². The molecule has 0 spiro atoms. The van der Waals surface area contributed by atoms with Gasteiger partial charge in [0.25, 0.3) is 0 Å². The molecule has 0 heterocycles. The fourth-order valence-electron chi connectivity index (χ4n) is 1.46. The van der Waals surface area contributed by atoms with Crippen molar-refractivity contribution in [1.29, 1.82) is 0 Å². The van der Waals surface area contributed by atoms with E-state index in [0.29, 0.717) is 6.54 Å². The molecule has 1 rings (SSSR count). The Morgan fingerprint density at radius 1 is 1.40 bits per heavy atom. The molecule has 0 aliphatic rings. The minimum atomic E-state index is -0.264. The van der Waals surface area contributed by atoms with Gasteiger partial charge in [0, 0.05) is 13.5 Å². The normalized spacial score (nSPS) is 14.3. The van der Waals surface area contributed by atoms with Crippen LogP contribution in [0.15, 0.2) is 30.3 Å². The lowest BCUT2D eigenvalue weighted by Gasteiger charge is -2.23. The zero-order chi connectivity index (χ0) is 11.3. The summed E-state index contributed by atoms with van der Waals surface area (Å²) in [7, 11) is 0. The van der Waals surface area contributed by atoms with Gasteiger partial charge in [0.15, 0.2) is 0 Å². The van der Waals surface area contributed by atoms with Crippen LogP contribution in [0.1, 0.15) is 18.5 Å². The first kappa shape index (κ1) is 11.7. The van der Waals surface area contributed by atoms with Crippen molar-refractivity contribution in [3.05, 3.63) is 35.9 Å². The van der Waals surface area contributed by atoms with Crippen molar-refractivity contribution in [3.8, 4) is 0 Å². The molecule has 0 bridgehead atoms. The molecule has 0 aromatic heterocycles. The molecule has 15 heavy (non-hydrogen) atoms. The molecule has 4 heteroatoms. The van der Waals surface area contributed by atoms with Crippen molar-refractivity contribution < 1.29 is 4.79 Å². The van der Waals surface area contributed by atoms with Gasteiger partial charge in [0.2, 0.25) is 5.91 Å². The Kier molecular flexibility index (Phi) is 4.27. The number of nitrogens with two attached hydrogens (primary N) is 2. The van der Waals surface area contributed by atoms with Gasteiger partial charge < -0.3 is 16.8 Å². The minimum absolute atomic E-state index is 0.114. The zero-order valence-electron chi connectivity index (χ0n) is 8.81. The Morgan fingerprint density at radius 2 is 2.00 bits per heavy atom. The zero-order valence-corrected chi connectivity index (χ0v) is 8.81. The van der Waals surface area contributed by atoms with Gasteiger partial charge in [-0.25, -0.2) is 0 Å². The van der Waals surface area contributed by atoms with Gasteiger partial charge in [0.05, 0.1) is 12.1 Å². The van der Waals surface area contributed by atoms with Crippen molar-refractivity contribution >= 4 is 5.91 Å². The molecular formula is C11H17N3O. The molecule has 4 nitrogen and oxygen atoms in total. The molecule has 0 fully saturated rings. The molecule has 0 saturated carbocycles. The molecule has 5 N–H and O–H groups in total. The van der Waals surface area contributed by atoms with Gasteiger partial charge in [0.1, 0.15) is 0 Å². The summed E-state index contributed by atoms with van der Waals surface area (Å²) in [6, 6.07) is 9.12. The Bertz CT molecular complexity index is 313. The molecule has 0 aliphatic carbocycles. The van der Waals surface area contributed by atoms with E-state index in [1.807, 2.05) is 30.3 Å². The average molecular weight is 207 g/mol. The van der Waals surface area contributed by atoms with Crippen LogP contribution in [0.5, 0.6) is 0 Å². The number of carbonyl (C=O) groups excluding carboxylic acids is 1. The third-order valence-corrected chi connectivity index (χ3v) is 2.26. The fourth-order valence-corrected chi connectivity index (χ4v) is 1.46. The highest BCUT2D eigenvalue weighted by Crippen LogP contribution is 2.12.